The average Bonchev–Trinajstić information content (AvgIpc) is 2.82. The third-order valence-corrected chi connectivity index (χ3v) is 4.26. The first-order valence-electron chi connectivity index (χ1n) is 6.87. The van der Waals surface area contributed by atoms with Gasteiger partial charge in [-0.15, -0.1) is 0 Å². The molecule has 0 amide bonds. The molecule has 0 aromatic heterocycles. The standard InChI is InChI=1S/C13H26N2O/c1-2-12-9-13(10-14,7-8-16-12)15-11-5-3-4-6-11/h11-12,15H,2-10,14H2,1H3. The third kappa shape index (κ3) is 2.76. The van der Waals surface area contributed by atoms with Gasteiger partial charge in [-0.05, 0) is 32.1 Å². The highest BCUT2D eigenvalue weighted by molar-refractivity contribution is 4.96. The molecule has 1 aliphatic heterocycles. The van der Waals surface area contributed by atoms with E-state index in [1.54, 1.807) is 0 Å². The molecule has 1 heterocycles. The summed E-state index contributed by atoms with van der Waals surface area (Å²) in [5, 5.41) is 3.84. The first kappa shape index (κ1) is 12.3. The average molecular weight is 226 g/mol. The lowest BCUT2D eigenvalue weighted by molar-refractivity contribution is -0.0308. The largest absolute Gasteiger partial charge is 0.378 e. The van der Waals surface area contributed by atoms with Gasteiger partial charge in [0, 0.05) is 24.7 Å². The van der Waals surface area contributed by atoms with Crippen LogP contribution in [0.3, 0.4) is 0 Å². The highest BCUT2D eigenvalue weighted by Crippen LogP contribution is 2.29. The molecule has 2 rings (SSSR count). The summed E-state index contributed by atoms with van der Waals surface area (Å²) in [7, 11) is 0. The second kappa shape index (κ2) is 5.48. The molecule has 1 saturated heterocycles. The SMILES string of the molecule is CCC1CC(CN)(NC2CCCC2)CCO1. The van der Waals surface area contributed by atoms with Crippen LogP contribution in [-0.2, 0) is 4.74 Å². The lowest BCUT2D eigenvalue weighted by Crippen LogP contribution is -2.59. The van der Waals surface area contributed by atoms with Crippen molar-refractivity contribution in [1.29, 1.82) is 0 Å². The Labute approximate surface area is 99.1 Å². The molecule has 0 spiro atoms. The summed E-state index contributed by atoms with van der Waals surface area (Å²) in [6, 6.07) is 0.708. The van der Waals surface area contributed by atoms with Gasteiger partial charge >= 0.3 is 0 Å². The molecule has 16 heavy (non-hydrogen) atoms. The number of nitrogens with one attached hydrogen (secondary N) is 1. The maximum Gasteiger partial charge on any atom is 0.0590 e. The van der Waals surface area contributed by atoms with Crippen molar-refractivity contribution in [3.8, 4) is 0 Å². The van der Waals surface area contributed by atoms with Crippen molar-refractivity contribution in [2.75, 3.05) is 13.2 Å². The van der Waals surface area contributed by atoms with Gasteiger partial charge in [0.15, 0.2) is 0 Å². The number of nitrogens with two attached hydrogens (primary N) is 1. The Morgan fingerprint density at radius 2 is 2.12 bits per heavy atom. The summed E-state index contributed by atoms with van der Waals surface area (Å²) in [5.74, 6) is 0. The highest BCUT2D eigenvalue weighted by atomic mass is 16.5. The van der Waals surface area contributed by atoms with Crippen molar-refractivity contribution in [2.45, 2.75) is 69.6 Å². The van der Waals surface area contributed by atoms with Gasteiger partial charge < -0.3 is 15.8 Å². The van der Waals surface area contributed by atoms with Gasteiger partial charge in [0.2, 0.25) is 0 Å². The second-order valence-corrected chi connectivity index (χ2v) is 5.47. The number of rotatable bonds is 4. The Hall–Kier alpha value is -0.120. The molecule has 0 aromatic carbocycles. The molecule has 94 valence electrons. The fraction of sp³-hybridized carbons (Fsp3) is 1.00. The van der Waals surface area contributed by atoms with E-state index in [9.17, 15) is 0 Å². The summed E-state index contributed by atoms with van der Waals surface area (Å²) in [6.07, 6.45) is 9.11. The summed E-state index contributed by atoms with van der Waals surface area (Å²) in [4.78, 5) is 0. The van der Waals surface area contributed by atoms with Crippen LogP contribution in [0.5, 0.6) is 0 Å². The van der Waals surface area contributed by atoms with Crippen molar-refractivity contribution in [1.82, 2.24) is 5.32 Å². The van der Waals surface area contributed by atoms with Crippen LogP contribution in [0.1, 0.15) is 51.9 Å². The Balaban J connectivity index is 1.94. The minimum absolute atomic E-state index is 0.161. The van der Waals surface area contributed by atoms with E-state index < -0.39 is 0 Å². The molecule has 2 atom stereocenters. The van der Waals surface area contributed by atoms with Crippen LogP contribution in [0.25, 0.3) is 0 Å². The molecule has 2 unspecified atom stereocenters. The quantitative estimate of drug-likeness (QED) is 0.768. The molecule has 0 bridgehead atoms. The van der Waals surface area contributed by atoms with E-state index in [1.807, 2.05) is 0 Å². The Bertz CT molecular complexity index is 216. The van der Waals surface area contributed by atoms with E-state index in [4.69, 9.17) is 10.5 Å². The molecule has 3 heteroatoms. The fourth-order valence-electron chi connectivity index (χ4n) is 3.16. The highest BCUT2D eigenvalue weighted by Gasteiger charge is 2.37. The maximum atomic E-state index is 6.02. The Morgan fingerprint density at radius 3 is 2.75 bits per heavy atom. The molecule has 3 N–H and O–H groups in total. The number of hydrogen-bond donors (Lipinski definition) is 2. The molecular formula is C13H26N2O. The van der Waals surface area contributed by atoms with Gasteiger partial charge in [0.05, 0.1) is 6.10 Å². The topological polar surface area (TPSA) is 47.3 Å². The van der Waals surface area contributed by atoms with Crippen LogP contribution in [0.2, 0.25) is 0 Å². The van der Waals surface area contributed by atoms with Crippen molar-refractivity contribution >= 4 is 0 Å². The van der Waals surface area contributed by atoms with Gasteiger partial charge in [0.25, 0.3) is 0 Å². The van der Waals surface area contributed by atoms with Crippen LogP contribution in [0, 0.1) is 0 Å². The van der Waals surface area contributed by atoms with Crippen LogP contribution < -0.4 is 11.1 Å². The van der Waals surface area contributed by atoms with Crippen molar-refractivity contribution in [3.63, 3.8) is 0 Å². The van der Waals surface area contributed by atoms with Crippen molar-refractivity contribution in [3.05, 3.63) is 0 Å². The normalized spacial score (nSPS) is 36.8. The smallest absolute Gasteiger partial charge is 0.0590 e. The molecule has 1 aliphatic carbocycles. The predicted octanol–water partition coefficient (Wildman–Crippen LogP) is 1.81. The summed E-state index contributed by atoms with van der Waals surface area (Å²) >= 11 is 0. The lowest BCUT2D eigenvalue weighted by Gasteiger charge is -2.42. The fourth-order valence-corrected chi connectivity index (χ4v) is 3.16. The van der Waals surface area contributed by atoms with E-state index in [1.165, 1.54) is 25.7 Å². The molecule has 0 aromatic rings. The van der Waals surface area contributed by atoms with Crippen LogP contribution >= 0.6 is 0 Å². The van der Waals surface area contributed by atoms with E-state index in [-0.39, 0.29) is 5.54 Å². The van der Waals surface area contributed by atoms with Gasteiger partial charge in [-0.2, -0.15) is 0 Å². The monoisotopic (exact) mass is 226 g/mol. The molecular weight excluding hydrogens is 200 g/mol. The van der Waals surface area contributed by atoms with E-state index in [2.05, 4.69) is 12.2 Å². The second-order valence-electron chi connectivity index (χ2n) is 5.47. The zero-order chi connectivity index (χ0) is 11.4. The van der Waals surface area contributed by atoms with Crippen molar-refractivity contribution < 1.29 is 4.74 Å². The third-order valence-electron chi connectivity index (χ3n) is 4.26. The minimum atomic E-state index is 0.161. The van der Waals surface area contributed by atoms with E-state index >= 15 is 0 Å². The molecule has 1 saturated carbocycles. The zero-order valence-electron chi connectivity index (χ0n) is 10.5. The van der Waals surface area contributed by atoms with Crippen molar-refractivity contribution in [2.24, 2.45) is 5.73 Å². The van der Waals surface area contributed by atoms with E-state index in [0.29, 0.717) is 12.1 Å². The first-order chi connectivity index (χ1) is 7.78. The number of ether oxygens (including phenoxy) is 1. The molecule has 2 aliphatic rings. The molecule has 0 radical (unpaired) electrons. The molecule has 3 nitrogen and oxygen atoms in total. The summed E-state index contributed by atoms with van der Waals surface area (Å²) < 4.78 is 5.75. The van der Waals surface area contributed by atoms with Crippen LogP contribution in [-0.4, -0.2) is 30.8 Å². The maximum absolute atomic E-state index is 6.02. The minimum Gasteiger partial charge on any atom is -0.378 e. The number of hydrogen-bond acceptors (Lipinski definition) is 3. The zero-order valence-corrected chi connectivity index (χ0v) is 10.5. The van der Waals surface area contributed by atoms with Crippen LogP contribution in [0.4, 0.5) is 0 Å². The summed E-state index contributed by atoms with van der Waals surface area (Å²) in [6.45, 7) is 3.83. The van der Waals surface area contributed by atoms with Gasteiger partial charge in [-0.1, -0.05) is 19.8 Å². The van der Waals surface area contributed by atoms with Gasteiger partial charge in [0.1, 0.15) is 0 Å². The summed E-state index contributed by atoms with van der Waals surface area (Å²) in [5.41, 5.74) is 6.18. The Kier molecular flexibility index (Phi) is 4.22. The predicted molar refractivity (Wildman–Crippen MR) is 66.4 cm³/mol. The van der Waals surface area contributed by atoms with Gasteiger partial charge in [-0.25, -0.2) is 0 Å². The first-order valence-corrected chi connectivity index (χ1v) is 6.87. The molecule has 2 fully saturated rings. The van der Waals surface area contributed by atoms with Gasteiger partial charge in [-0.3, -0.25) is 0 Å². The van der Waals surface area contributed by atoms with Crippen LogP contribution in [0.15, 0.2) is 0 Å². The van der Waals surface area contributed by atoms with E-state index in [0.717, 1.165) is 32.4 Å². The Morgan fingerprint density at radius 1 is 1.38 bits per heavy atom. The lowest BCUT2D eigenvalue weighted by atomic mass is 9.85.